The zero-order valence-corrected chi connectivity index (χ0v) is 5.31. The molecule has 7 heavy (non-hydrogen) atoms. The Bertz CT molecular complexity index is 62.7. The monoisotopic (exact) mass is 120 g/mol. The van der Waals surface area contributed by atoms with Gasteiger partial charge in [-0.3, -0.25) is 0 Å². The maximum Gasteiger partial charge on any atom is 0.0240 e. The minimum Gasteiger partial charge on any atom is -0.303 e. The lowest BCUT2D eigenvalue weighted by Gasteiger charge is -2.17. The molecule has 0 bridgehead atoms. The second-order valence-corrected chi connectivity index (χ2v) is 1.69. The molecular weight excluding hydrogens is 112 g/mol. The van der Waals surface area contributed by atoms with Crippen LogP contribution in [-0.4, -0.2) is 23.6 Å². The van der Waals surface area contributed by atoms with E-state index in [4.69, 9.17) is 11.8 Å². The summed E-state index contributed by atoms with van der Waals surface area (Å²) in [6, 6.07) is 0. The molecule has 0 amide bonds. The molecule has 0 aromatic rings. The molecular formula is C4H9ClN2. The van der Waals surface area contributed by atoms with E-state index in [1.165, 1.54) is 4.53 Å². The summed E-state index contributed by atoms with van der Waals surface area (Å²) in [5.41, 5.74) is 0. The lowest BCUT2D eigenvalue weighted by atomic mass is 10.9. The Kier molecular flexibility index (Phi) is 2.79. The van der Waals surface area contributed by atoms with Gasteiger partial charge in [0.15, 0.2) is 0 Å². The Hall–Kier alpha value is -0.210. The predicted molar refractivity (Wildman–Crippen MR) is 31.6 cm³/mol. The number of nitrogens with zero attached hydrogens (tertiary/aromatic N) is 2. The predicted octanol–water partition coefficient (Wildman–Crippen LogP) is 1.06. The van der Waals surface area contributed by atoms with Crippen molar-refractivity contribution in [1.82, 2.24) is 9.54 Å². The molecule has 0 saturated carbocycles. The number of hydrazine groups is 1. The highest BCUT2D eigenvalue weighted by molar-refractivity contribution is 6.12. The third-order valence-corrected chi connectivity index (χ3v) is 0.937. The van der Waals surface area contributed by atoms with Crippen molar-refractivity contribution < 1.29 is 0 Å². The molecule has 0 aromatic heterocycles. The largest absolute Gasteiger partial charge is 0.303 e. The summed E-state index contributed by atoms with van der Waals surface area (Å²) in [5, 5.41) is 1.65. The van der Waals surface area contributed by atoms with Crippen molar-refractivity contribution in [2.24, 2.45) is 0 Å². The average Bonchev–Trinajstić information content (AvgIpc) is 1.65. The second-order valence-electron chi connectivity index (χ2n) is 1.20. The molecule has 0 rings (SSSR count). The minimum atomic E-state index is 1.41. The first-order valence-corrected chi connectivity index (χ1v) is 2.27. The van der Waals surface area contributed by atoms with Gasteiger partial charge in [-0.2, -0.15) is 0 Å². The lowest BCUT2D eigenvalue weighted by molar-refractivity contribution is 0.200. The zero-order chi connectivity index (χ0) is 5.86. The summed E-state index contributed by atoms with van der Waals surface area (Å²) in [4.78, 5) is 0. The third-order valence-electron chi connectivity index (χ3n) is 0.699. The van der Waals surface area contributed by atoms with Gasteiger partial charge in [0.05, 0.1) is 0 Å². The van der Waals surface area contributed by atoms with Gasteiger partial charge in [0.25, 0.3) is 0 Å². The van der Waals surface area contributed by atoms with Crippen LogP contribution in [0.25, 0.3) is 0 Å². The summed E-state index contributed by atoms with van der Waals surface area (Å²) >= 11 is 5.42. The van der Waals surface area contributed by atoms with Gasteiger partial charge in [-0.15, -0.1) is 4.53 Å². The molecule has 0 fully saturated rings. The quantitative estimate of drug-likeness (QED) is 0.397. The summed E-state index contributed by atoms with van der Waals surface area (Å²) in [6.07, 6.45) is 1.62. The van der Waals surface area contributed by atoms with Crippen LogP contribution in [0.4, 0.5) is 0 Å². The standard InChI is InChI=1S/C4H9ClN2/c1-4-6(2)7(3)5/h4H,1H2,2-3H3. The van der Waals surface area contributed by atoms with Crippen LogP contribution in [0.2, 0.25) is 0 Å². The number of rotatable bonds is 2. The Labute approximate surface area is 49.0 Å². The van der Waals surface area contributed by atoms with Gasteiger partial charge in [0.2, 0.25) is 0 Å². The van der Waals surface area contributed by atoms with Crippen molar-refractivity contribution in [3.8, 4) is 0 Å². The van der Waals surface area contributed by atoms with E-state index in [0.717, 1.165) is 0 Å². The molecule has 0 aliphatic heterocycles. The van der Waals surface area contributed by atoms with E-state index in [9.17, 15) is 0 Å². The van der Waals surface area contributed by atoms with Gasteiger partial charge in [0.1, 0.15) is 0 Å². The molecule has 0 unspecified atom stereocenters. The summed E-state index contributed by atoms with van der Waals surface area (Å²) < 4.78 is 1.41. The Morgan fingerprint density at radius 3 is 2.00 bits per heavy atom. The number of hydrogen-bond acceptors (Lipinski definition) is 2. The highest BCUT2D eigenvalue weighted by Gasteiger charge is 1.89. The van der Waals surface area contributed by atoms with Crippen LogP contribution in [0.3, 0.4) is 0 Å². The summed E-state index contributed by atoms with van der Waals surface area (Å²) in [7, 11) is 3.53. The number of hydrogen-bond donors (Lipinski definition) is 0. The molecule has 0 atom stereocenters. The van der Waals surface area contributed by atoms with Gasteiger partial charge in [-0.25, -0.2) is 0 Å². The highest BCUT2D eigenvalue weighted by Crippen LogP contribution is 1.91. The van der Waals surface area contributed by atoms with Crippen LogP contribution in [0.1, 0.15) is 0 Å². The average molecular weight is 121 g/mol. The smallest absolute Gasteiger partial charge is 0.0240 e. The first-order chi connectivity index (χ1) is 3.18. The summed E-state index contributed by atoms with van der Waals surface area (Å²) in [5.74, 6) is 0. The van der Waals surface area contributed by atoms with E-state index in [1.807, 2.05) is 0 Å². The van der Waals surface area contributed by atoms with Crippen LogP contribution in [0.5, 0.6) is 0 Å². The fourth-order valence-corrected chi connectivity index (χ4v) is 0.174. The topological polar surface area (TPSA) is 6.48 Å². The van der Waals surface area contributed by atoms with Gasteiger partial charge in [-0.1, -0.05) is 6.58 Å². The van der Waals surface area contributed by atoms with Gasteiger partial charge >= 0.3 is 0 Å². The Balaban J connectivity index is 3.33. The molecule has 3 heteroatoms. The maximum absolute atomic E-state index is 5.42. The first kappa shape index (κ1) is 6.79. The van der Waals surface area contributed by atoms with Crippen LogP contribution in [-0.2, 0) is 0 Å². The van der Waals surface area contributed by atoms with Crippen molar-refractivity contribution in [2.75, 3.05) is 14.1 Å². The molecule has 0 N–H and O–H groups in total. The molecule has 0 saturated heterocycles. The normalized spacial score (nSPS) is 9.14. The fraction of sp³-hybridized carbons (Fsp3) is 0.500. The van der Waals surface area contributed by atoms with Crippen molar-refractivity contribution in [1.29, 1.82) is 0 Å². The minimum absolute atomic E-state index is 1.41. The van der Waals surface area contributed by atoms with Crippen molar-refractivity contribution in [3.05, 3.63) is 12.8 Å². The molecule has 0 spiro atoms. The van der Waals surface area contributed by atoms with E-state index < -0.39 is 0 Å². The summed E-state index contributed by atoms with van der Waals surface area (Å²) in [6.45, 7) is 3.48. The molecule has 0 aliphatic carbocycles. The molecule has 0 heterocycles. The lowest BCUT2D eigenvalue weighted by Crippen LogP contribution is -2.22. The zero-order valence-electron chi connectivity index (χ0n) is 4.56. The van der Waals surface area contributed by atoms with Crippen molar-refractivity contribution >= 4 is 11.8 Å². The fourth-order valence-electron chi connectivity index (χ4n) is 0.113. The van der Waals surface area contributed by atoms with E-state index in [0.29, 0.717) is 0 Å². The van der Waals surface area contributed by atoms with E-state index >= 15 is 0 Å². The van der Waals surface area contributed by atoms with Crippen molar-refractivity contribution in [3.63, 3.8) is 0 Å². The SMILES string of the molecule is C=CN(C)N(C)Cl. The van der Waals surface area contributed by atoms with Crippen LogP contribution >= 0.6 is 11.8 Å². The highest BCUT2D eigenvalue weighted by atomic mass is 35.5. The van der Waals surface area contributed by atoms with Gasteiger partial charge < -0.3 is 5.01 Å². The van der Waals surface area contributed by atoms with Gasteiger partial charge in [0, 0.05) is 20.3 Å². The van der Waals surface area contributed by atoms with Crippen LogP contribution in [0, 0.1) is 0 Å². The van der Waals surface area contributed by atoms with Gasteiger partial charge in [-0.05, 0) is 11.8 Å². The molecule has 0 radical (unpaired) electrons. The van der Waals surface area contributed by atoms with E-state index in [-0.39, 0.29) is 0 Å². The Morgan fingerprint density at radius 1 is 1.57 bits per heavy atom. The Morgan fingerprint density at radius 2 is 2.00 bits per heavy atom. The van der Waals surface area contributed by atoms with E-state index in [2.05, 4.69) is 6.58 Å². The third kappa shape index (κ3) is 2.48. The molecule has 0 aliphatic rings. The maximum atomic E-state index is 5.42. The van der Waals surface area contributed by atoms with Crippen LogP contribution in [0.15, 0.2) is 12.8 Å². The second kappa shape index (κ2) is 2.88. The van der Waals surface area contributed by atoms with Crippen LogP contribution < -0.4 is 0 Å². The number of halogens is 1. The van der Waals surface area contributed by atoms with E-state index in [1.54, 1.807) is 25.3 Å². The van der Waals surface area contributed by atoms with Crippen molar-refractivity contribution in [2.45, 2.75) is 0 Å². The first-order valence-electron chi connectivity index (χ1n) is 1.93. The molecule has 2 nitrogen and oxygen atoms in total. The molecule has 42 valence electrons. The molecule has 0 aromatic carbocycles.